The van der Waals surface area contributed by atoms with Gasteiger partial charge in [-0.25, -0.2) is 14.9 Å². The van der Waals surface area contributed by atoms with Crippen LogP contribution in [0.15, 0.2) is 33.2 Å². The molecular formula is C11H15N5OS. The summed E-state index contributed by atoms with van der Waals surface area (Å²) >= 11 is 1.43. The third-order valence-corrected chi connectivity index (χ3v) is 3.35. The molecular weight excluding hydrogens is 250 g/mol. The Morgan fingerprint density at radius 2 is 2.28 bits per heavy atom. The van der Waals surface area contributed by atoms with Crippen LogP contribution in [0.2, 0.25) is 0 Å². The molecule has 2 heterocycles. The van der Waals surface area contributed by atoms with E-state index in [1.807, 2.05) is 33.0 Å². The lowest BCUT2D eigenvalue weighted by Gasteiger charge is -2.08. The van der Waals surface area contributed by atoms with Crippen molar-refractivity contribution >= 4 is 17.6 Å². The van der Waals surface area contributed by atoms with E-state index in [2.05, 4.69) is 20.5 Å². The molecule has 6 nitrogen and oxygen atoms in total. The molecule has 0 fully saturated rings. The molecule has 7 heteroatoms. The van der Waals surface area contributed by atoms with Crippen LogP contribution >= 0.6 is 11.8 Å². The fourth-order valence-corrected chi connectivity index (χ4v) is 2.53. The van der Waals surface area contributed by atoms with Crippen molar-refractivity contribution in [2.45, 2.75) is 29.9 Å². The molecule has 0 spiro atoms. The highest BCUT2D eigenvalue weighted by Crippen LogP contribution is 2.27. The lowest BCUT2D eigenvalue weighted by atomic mass is 10.4. The number of hydrogen-bond acceptors (Lipinski definition) is 5. The zero-order valence-corrected chi connectivity index (χ0v) is 11.3. The molecule has 0 amide bonds. The zero-order valence-electron chi connectivity index (χ0n) is 10.5. The summed E-state index contributed by atoms with van der Waals surface area (Å²) in [4.78, 5) is 16.7. The van der Waals surface area contributed by atoms with Crippen molar-refractivity contribution in [2.24, 2.45) is 0 Å². The first-order valence-corrected chi connectivity index (χ1v) is 6.42. The van der Waals surface area contributed by atoms with Crippen molar-refractivity contribution in [3.8, 4) is 0 Å². The van der Waals surface area contributed by atoms with Crippen LogP contribution in [0.25, 0.3) is 0 Å². The zero-order chi connectivity index (χ0) is 13.1. The Morgan fingerprint density at radius 1 is 1.50 bits per heavy atom. The molecule has 96 valence electrons. The molecule has 2 N–H and O–H groups in total. The van der Waals surface area contributed by atoms with E-state index in [4.69, 9.17) is 0 Å². The molecule has 2 aromatic rings. The first kappa shape index (κ1) is 12.7. The second-order valence-corrected chi connectivity index (χ2v) is 5.04. The van der Waals surface area contributed by atoms with Gasteiger partial charge in [0, 0.05) is 24.2 Å². The van der Waals surface area contributed by atoms with Gasteiger partial charge in [0.15, 0.2) is 5.16 Å². The Balaban J connectivity index is 2.31. The number of nitrogens with one attached hydrogen (secondary N) is 2. The maximum absolute atomic E-state index is 11.6. The molecule has 18 heavy (non-hydrogen) atoms. The van der Waals surface area contributed by atoms with Gasteiger partial charge in [0.25, 0.3) is 0 Å². The van der Waals surface area contributed by atoms with E-state index in [0.717, 1.165) is 10.7 Å². The Morgan fingerprint density at radius 3 is 2.94 bits per heavy atom. The Hall–Kier alpha value is -1.76. The minimum atomic E-state index is -0.185. The number of nitrogens with zero attached hydrogens (tertiary/aromatic N) is 3. The van der Waals surface area contributed by atoms with Gasteiger partial charge in [0.1, 0.15) is 5.82 Å². The molecule has 0 aromatic carbocycles. The fraction of sp³-hybridized carbons (Fsp3) is 0.364. The van der Waals surface area contributed by atoms with Crippen LogP contribution in [0.1, 0.15) is 19.9 Å². The van der Waals surface area contributed by atoms with Gasteiger partial charge >= 0.3 is 5.69 Å². The van der Waals surface area contributed by atoms with Crippen LogP contribution in [-0.2, 0) is 0 Å². The van der Waals surface area contributed by atoms with Gasteiger partial charge in [-0.1, -0.05) is 0 Å². The van der Waals surface area contributed by atoms with Crippen molar-refractivity contribution in [3.05, 3.63) is 28.8 Å². The average molecular weight is 265 g/mol. The first-order valence-electron chi connectivity index (χ1n) is 5.60. The van der Waals surface area contributed by atoms with Crippen LogP contribution in [-0.4, -0.2) is 26.8 Å². The van der Waals surface area contributed by atoms with Gasteiger partial charge in [-0.3, -0.25) is 4.57 Å². The lowest BCUT2D eigenvalue weighted by molar-refractivity contribution is 0.534. The van der Waals surface area contributed by atoms with Crippen molar-refractivity contribution in [1.29, 1.82) is 0 Å². The molecule has 0 bridgehead atoms. The average Bonchev–Trinajstić information content (AvgIpc) is 2.70. The second-order valence-electron chi connectivity index (χ2n) is 4.00. The Kier molecular flexibility index (Phi) is 3.71. The number of rotatable bonds is 4. The van der Waals surface area contributed by atoms with Crippen LogP contribution in [0.5, 0.6) is 0 Å². The topological polar surface area (TPSA) is 75.6 Å². The molecule has 0 aliphatic heterocycles. The Labute approximate surface area is 109 Å². The fourth-order valence-electron chi connectivity index (χ4n) is 1.53. The van der Waals surface area contributed by atoms with Crippen LogP contribution < -0.4 is 11.0 Å². The maximum atomic E-state index is 11.6. The largest absolute Gasteiger partial charge is 0.373 e. The number of hydrogen-bond donors (Lipinski definition) is 2. The van der Waals surface area contributed by atoms with Gasteiger partial charge in [0.05, 0.1) is 0 Å². The van der Waals surface area contributed by atoms with E-state index < -0.39 is 0 Å². The minimum absolute atomic E-state index is 0.0735. The lowest BCUT2D eigenvalue weighted by Crippen LogP contribution is -2.19. The van der Waals surface area contributed by atoms with E-state index in [0.29, 0.717) is 5.16 Å². The summed E-state index contributed by atoms with van der Waals surface area (Å²) in [5.41, 5.74) is -0.185. The molecule has 0 atom stereocenters. The summed E-state index contributed by atoms with van der Waals surface area (Å²) in [6.07, 6.45) is 1.72. The highest BCUT2D eigenvalue weighted by Gasteiger charge is 2.12. The van der Waals surface area contributed by atoms with Gasteiger partial charge in [-0.15, -0.1) is 5.10 Å². The van der Waals surface area contributed by atoms with Crippen molar-refractivity contribution in [2.75, 3.05) is 12.4 Å². The molecule has 0 saturated carbocycles. The molecule has 0 saturated heterocycles. The standard InChI is InChI=1S/C11H15N5OS/c1-7(2)16-10(17)14-15-11(16)18-8-4-5-13-9(6-8)12-3/h4-7H,1-3H3,(H,12,13)(H,14,17). The molecule has 2 aromatic heterocycles. The summed E-state index contributed by atoms with van der Waals surface area (Å²) in [6, 6.07) is 3.87. The van der Waals surface area contributed by atoms with Crippen LogP contribution in [0, 0.1) is 0 Å². The molecule has 0 aliphatic rings. The smallest absolute Gasteiger partial charge is 0.344 e. The molecule has 0 radical (unpaired) electrons. The van der Waals surface area contributed by atoms with Crippen molar-refractivity contribution < 1.29 is 0 Å². The second kappa shape index (κ2) is 5.26. The van der Waals surface area contributed by atoms with E-state index in [1.54, 1.807) is 10.8 Å². The van der Waals surface area contributed by atoms with Crippen molar-refractivity contribution in [1.82, 2.24) is 19.7 Å². The Bertz CT molecular complexity index is 589. The summed E-state index contributed by atoms with van der Waals surface area (Å²) in [5.74, 6) is 0.786. The minimum Gasteiger partial charge on any atom is -0.373 e. The predicted octanol–water partition coefficient (Wildman–Crippen LogP) is 1.74. The van der Waals surface area contributed by atoms with Gasteiger partial charge in [0.2, 0.25) is 0 Å². The van der Waals surface area contributed by atoms with Gasteiger partial charge in [-0.05, 0) is 37.7 Å². The van der Waals surface area contributed by atoms with E-state index in [-0.39, 0.29) is 11.7 Å². The van der Waals surface area contributed by atoms with Gasteiger partial charge in [-0.2, -0.15) is 0 Å². The summed E-state index contributed by atoms with van der Waals surface area (Å²) < 4.78 is 1.63. The van der Waals surface area contributed by atoms with E-state index >= 15 is 0 Å². The van der Waals surface area contributed by atoms with E-state index in [9.17, 15) is 4.79 Å². The predicted molar refractivity (Wildman–Crippen MR) is 71.1 cm³/mol. The van der Waals surface area contributed by atoms with Crippen molar-refractivity contribution in [3.63, 3.8) is 0 Å². The number of H-pyrrole nitrogens is 1. The summed E-state index contributed by atoms with van der Waals surface area (Å²) in [5, 5.41) is 10.1. The number of anilines is 1. The third kappa shape index (κ3) is 2.56. The van der Waals surface area contributed by atoms with Crippen LogP contribution in [0.3, 0.4) is 0 Å². The first-order chi connectivity index (χ1) is 8.61. The summed E-state index contributed by atoms with van der Waals surface area (Å²) in [6.45, 7) is 3.90. The van der Waals surface area contributed by atoms with Gasteiger partial charge < -0.3 is 5.32 Å². The summed E-state index contributed by atoms with van der Waals surface area (Å²) in [7, 11) is 1.81. The molecule has 0 aliphatic carbocycles. The van der Waals surface area contributed by atoms with Crippen LogP contribution in [0.4, 0.5) is 5.82 Å². The third-order valence-electron chi connectivity index (χ3n) is 2.39. The quantitative estimate of drug-likeness (QED) is 0.880. The number of pyridine rings is 1. The molecule has 0 unspecified atom stereocenters. The van der Waals surface area contributed by atoms with E-state index in [1.165, 1.54) is 11.8 Å². The highest BCUT2D eigenvalue weighted by molar-refractivity contribution is 7.99. The molecule has 2 rings (SSSR count). The highest BCUT2D eigenvalue weighted by atomic mass is 32.2. The SMILES string of the molecule is CNc1cc(Sc2n[nH]c(=O)n2C(C)C)ccn1. The number of aromatic amines is 1. The normalized spacial score (nSPS) is 10.9. The number of aromatic nitrogens is 4. The maximum Gasteiger partial charge on any atom is 0.344 e. The monoisotopic (exact) mass is 265 g/mol.